The summed E-state index contributed by atoms with van der Waals surface area (Å²) in [6.45, 7) is 5.43. The van der Waals surface area contributed by atoms with Gasteiger partial charge in [-0.05, 0) is 36.0 Å². The number of rotatable bonds is 4. The maximum atomic E-state index is 12.6. The number of halogens is 1. The third-order valence-corrected chi connectivity index (χ3v) is 4.50. The van der Waals surface area contributed by atoms with Crippen LogP contribution in [0.1, 0.15) is 39.2 Å². The van der Waals surface area contributed by atoms with Crippen LogP contribution in [0.25, 0.3) is 0 Å². The van der Waals surface area contributed by atoms with Crippen LogP contribution in [0, 0.1) is 5.41 Å². The number of aliphatic carboxylic acids is 1. The van der Waals surface area contributed by atoms with Gasteiger partial charge in [0.15, 0.2) is 0 Å². The van der Waals surface area contributed by atoms with Gasteiger partial charge in [-0.25, -0.2) is 4.79 Å². The lowest BCUT2D eigenvalue weighted by Crippen LogP contribution is -2.52. The maximum absolute atomic E-state index is 12.6. The second-order valence-corrected chi connectivity index (χ2v) is 7.62. The molecule has 1 saturated carbocycles. The molecule has 0 bridgehead atoms. The topological polar surface area (TPSA) is 66.4 Å². The third-order valence-electron chi connectivity index (χ3n) is 3.97. The predicted molar refractivity (Wildman–Crippen MR) is 84.1 cm³/mol. The van der Waals surface area contributed by atoms with Gasteiger partial charge >= 0.3 is 5.97 Å². The lowest BCUT2D eigenvalue weighted by atomic mass is 9.85. The average molecular weight is 354 g/mol. The van der Waals surface area contributed by atoms with Crippen LogP contribution < -0.4 is 5.32 Å². The number of benzene rings is 1. The highest BCUT2D eigenvalue weighted by atomic mass is 79.9. The fraction of sp³-hybridized carbons (Fsp3) is 0.500. The van der Waals surface area contributed by atoms with E-state index in [1.54, 1.807) is 0 Å². The molecule has 0 aliphatic heterocycles. The molecule has 1 aliphatic carbocycles. The number of carboxylic acid groups (broad SMARTS) is 1. The number of hydrogen-bond acceptors (Lipinski definition) is 2. The summed E-state index contributed by atoms with van der Waals surface area (Å²) in [5, 5.41) is 12.1. The largest absolute Gasteiger partial charge is 0.480 e. The average Bonchev–Trinajstić information content (AvgIpc) is 3.16. The van der Waals surface area contributed by atoms with Crippen molar-refractivity contribution in [2.75, 3.05) is 0 Å². The first-order chi connectivity index (χ1) is 9.67. The van der Waals surface area contributed by atoms with Gasteiger partial charge < -0.3 is 10.4 Å². The number of amides is 1. The first-order valence-electron chi connectivity index (χ1n) is 6.97. The Labute approximate surface area is 133 Å². The fourth-order valence-corrected chi connectivity index (χ4v) is 2.72. The van der Waals surface area contributed by atoms with E-state index in [-0.39, 0.29) is 5.91 Å². The molecule has 0 unspecified atom stereocenters. The van der Waals surface area contributed by atoms with Gasteiger partial charge in [-0.1, -0.05) is 48.8 Å². The van der Waals surface area contributed by atoms with Crippen molar-refractivity contribution in [3.63, 3.8) is 0 Å². The van der Waals surface area contributed by atoms with Gasteiger partial charge in [-0.2, -0.15) is 0 Å². The molecule has 0 aromatic heterocycles. The highest BCUT2D eigenvalue weighted by molar-refractivity contribution is 9.10. The van der Waals surface area contributed by atoms with Crippen molar-refractivity contribution < 1.29 is 14.7 Å². The Balaban J connectivity index is 2.20. The van der Waals surface area contributed by atoms with Crippen molar-refractivity contribution in [3.05, 3.63) is 34.3 Å². The van der Waals surface area contributed by atoms with Crippen molar-refractivity contribution in [2.45, 2.75) is 45.1 Å². The molecule has 1 aliphatic rings. The molecule has 2 N–H and O–H groups in total. The Bertz CT molecular complexity index is 556. The summed E-state index contributed by atoms with van der Waals surface area (Å²) in [5.74, 6) is -1.19. The molecule has 1 fully saturated rings. The number of carboxylic acids is 1. The van der Waals surface area contributed by atoms with E-state index >= 15 is 0 Å². The molecule has 5 heteroatoms. The minimum Gasteiger partial charge on any atom is -0.480 e. The lowest BCUT2D eigenvalue weighted by molar-refractivity contribution is -0.145. The van der Waals surface area contributed by atoms with Gasteiger partial charge in [0.25, 0.3) is 0 Å². The van der Waals surface area contributed by atoms with E-state index in [1.807, 2.05) is 45.0 Å². The molecule has 2 rings (SSSR count). The van der Waals surface area contributed by atoms with Crippen LogP contribution in [-0.2, 0) is 15.0 Å². The molecular weight excluding hydrogens is 334 g/mol. The maximum Gasteiger partial charge on any atom is 0.326 e. The van der Waals surface area contributed by atoms with Crippen molar-refractivity contribution in [3.8, 4) is 0 Å². The van der Waals surface area contributed by atoms with Crippen LogP contribution in [0.15, 0.2) is 28.7 Å². The molecular formula is C16H20BrNO3. The van der Waals surface area contributed by atoms with Gasteiger partial charge in [-0.3, -0.25) is 4.79 Å². The Hall–Kier alpha value is -1.36. The lowest BCUT2D eigenvalue weighted by Gasteiger charge is -2.29. The normalized spacial score (nSPS) is 17.9. The van der Waals surface area contributed by atoms with Gasteiger partial charge in [0.1, 0.15) is 6.04 Å². The zero-order chi connectivity index (χ0) is 15.8. The zero-order valence-electron chi connectivity index (χ0n) is 12.4. The second kappa shape index (κ2) is 5.44. The van der Waals surface area contributed by atoms with Crippen molar-refractivity contribution in [2.24, 2.45) is 5.41 Å². The SMILES string of the molecule is CC(C)(C)[C@@H](NC(=O)C1(c2ccc(Br)cc2)CC1)C(=O)O. The summed E-state index contributed by atoms with van der Waals surface area (Å²) in [5.41, 5.74) is -0.141. The summed E-state index contributed by atoms with van der Waals surface area (Å²) in [6, 6.07) is 6.76. The Morgan fingerprint density at radius 2 is 1.76 bits per heavy atom. The molecule has 4 nitrogen and oxygen atoms in total. The van der Waals surface area contributed by atoms with E-state index < -0.39 is 22.8 Å². The van der Waals surface area contributed by atoms with E-state index in [9.17, 15) is 14.7 Å². The van der Waals surface area contributed by atoms with Crippen LogP contribution >= 0.6 is 15.9 Å². The highest BCUT2D eigenvalue weighted by Gasteiger charge is 2.52. The summed E-state index contributed by atoms with van der Waals surface area (Å²) in [7, 11) is 0. The molecule has 1 aromatic carbocycles. The van der Waals surface area contributed by atoms with E-state index in [1.165, 1.54) is 0 Å². The van der Waals surface area contributed by atoms with Gasteiger partial charge in [0, 0.05) is 4.47 Å². The van der Waals surface area contributed by atoms with E-state index in [4.69, 9.17) is 0 Å². The molecule has 0 heterocycles. The first-order valence-corrected chi connectivity index (χ1v) is 7.76. The number of hydrogen-bond donors (Lipinski definition) is 2. The summed E-state index contributed by atoms with van der Waals surface area (Å²) < 4.78 is 0.959. The van der Waals surface area contributed by atoms with Crippen molar-refractivity contribution >= 4 is 27.8 Å². The molecule has 0 saturated heterocycles. The van der Waals surface area contributed by atoms with E-state index in [0.29, 0.717) is 0 Å². The predicted octanol–water partition coefficient (Wildman–Crippen LogP) is 3.10. The molecule has 21 heavy (non-hydrogen) atoms. The van der Waals surface area contributed by atoms with Crippen molar-refractivity contribution in [1.82, 2.24) is 5.32 Å². The van der Waals surface area contributed by atoms with E-state index in [0.717, 1.165) is 22.9 Å². The third kappa shape index (κ3) is 3.28. The van der Waals surface area contributed by atoms with Crippen LogP contribution in [0.3, 0.4) is 0 Å². The fourth-order valence-electron chi connectivity index (χ4n) is 2.46. The molecule has 1 atom stereocenters. The van der Waals surface area contributed by atoms with Crippen molar-refractivity contribution in [1.29, 1.82) is 0 Å². The smallest absolute Gasteiger partial charge is 0.326 e. The molecule has 1 amide bonds. The van der Waals surface area contributed by atoms with Crippen LogP contribution in [0.4, 0.5) is 0 Å². The Kier molecular flexibility index (Phi) is 4.15. The Morgan fingerprint density at radius 1 is 1.24 bits per heavy atom. The quantitative estimate of drug-likeness (QED) is 0.873. The summed E-state index contributed by atoms with van der Waals surface area (Å²) >= 11 is 3.38. The van der Waals surface area contributed by atoms with Gasteiger partial charge in [0.2, 0.25) is 5.91 Å². The molecule has 0 radical (unpaired) electrons. The first kappa shape index (κ1) is 16.0. The van der Waals surface area contributed by atoms with Crippen LogP contribution in [-0.4, -0.2) is 23.0 Å². The number of nitrogens with one attached hydrogen (secondary N) is 1. The minimum atomic E-state index is -0.998. The van der Waals surface area contributed by atoms with Gasteiger partial charge in [-0.15, -0.1) is 0 Å². The highest BCUT2D eigenvalue weighted by Crippen LogP contribution is 2.48. The van der Waals surface area contributed by atoms with Crippen LogP contribution in [0.5, 0.6) is 0 Å². The molecule has 114 valence electrons. The monoisotopic (exact) mass is 353 g/mol. The Morgan fingerprint density at radius 3 is 2.14 bits per heavy atom. The second-order valence-electron chi connectivity index (χ2n) is 6.70. The van der Waals surface area contributed by atoms with E-state index in [2.05, 4.69) is 21.2 Å². The minimum absolute atomic E-state index is 0.188. The summed E-state index contributed by atoms with van der Waals surface area (Å²) in [6.07, 6.45) is 1.52. The number of carbonyl (C=O) groups excluding carboxylic acids is 1. The number of carbonyl (C=O) groups is 2. The molecule has 0 spiro atoms. The van der Waals surface area contributed by atoms with Crippen LogP contribution in [0.2, 0.25) is 0 Å². The molecule has 1 aromatic rings. The zero-order valence-corrected chi connectivity index (χ0v) is 14.0. The van der Waals surface area contributed by atoms with Gasteiger partial charge in [0.05, 0.1) is 5.41 Å². The standard InChI is InChI=1S/C16H20BrNO3/c1-15(2,3)12(13(19)20)18-14(21)16(8-9-16)10-4-6-11(17)7-5-10/h4-7,12H,8-9H2,1-3H3,(H,18,21)(H,19,20)/t12-/m0/s1. The summed E-state index contributed by atoms with van der Waals surface area (Å²) in [4.78, 5) is 24.0.